The second kappa shape index (κ2) is 9.79. The summed E-state index contributed by atoms with van der Waals surface area (Å²) in [4.78, 5) is 13.3. The molecule has 1 aromatic heterocycles. The molecule has 2 aromatic carbocycles. The largest absolute Gasteiger partial charge is 0.416 e. The Morgan fingerprint density at radius 1 is 1.19 bits per heavy atom. The average Bonchev–Trinajstić information content (AvgIpc) is 3.50. The molecule has 0 aliphatic carbocycles. The van der Waals surface area contributed by atoms with Gasteiger partial charge in [-0.15, -0.1) is 6.42 Å². The highest BCUT2D eigenvalue weighted by molar-refractivity contribution is 7.98. The lowest BCUT2D eigenvalue weighted by Crippen LogP contribution is -2.45. The molecule has 2 heterocycles. The van der Waals surface area contributed by atoms with Gasteiger partial charge < -0.3 is 5.32 Å². The number of nitrogens with one attached hydrogen (secondary N) is 1. The lowest BCUT2D eigenvalue weighted by Gasteiger charge is -2.27. The first-order valence-corrected chi connectivity index (χ1v) is 12.6. The Labute approximate surface area is 206 Å². The molecule has 0 spiro atoms. The van der Waals surface area contributed by atoms with Crippen LogP contribution in [-0.2, 0) is 27.2 Å². The minimum atomic E-state index is -4.45. The van der Waals surface area contributed by atoms with Crippen LogP contribution in [0.15, 0.2) is 59.6 Å². The van der Waals surface area contributed by atoms with Crippen molar-refractivity contribution in [1.82, 2.24) is 19.4 Å². The van der Waals surface area contributed by atoms with E-state index in [1.54, 1.807) is 0 Å². The van der Waals surface area contributed by atoms with E-state index < -0.39 is 33.3 Å². The van der Waals surface area contributed by atoms with Crippen LogP contribution in [0.3, 0.4) is 0 Å². The number of alkyl halides is 3. The van der Waals surface area contributed by atoms with Gasteiger partial charge in [-0.1, -0.05) is 0 Å². The van der Waals surface area contributed by atoms with E-state index in [0.29, 0.717) is 35.5 Å². The zero-order chi connectivity index (χ0) is 26.1. The third kappa shape index (κ3) is 5.15. The van der Waals surface area contributed by atoms with Gasteiger partial charge in [-0.25, -0.2) is 17.6 Å². The molecule has 1 unspecified atom stereocenters. The number of carbonyl (C=O) groups excluding carboxylic acids is 1. The fraction of sp³-hybridized carbons (Fsp3) is 0.240. The number of hydrogen-bond donors (Lipinski definition) is 1. The predicted octanol–water partition coefficient (Wildman–Crippen LogP) is 3.78. The Hall–Kier alpha value is -3.62. The molecule has 3 aromatic rings. The lowest BCUT2D eigenvalue weighted by atomic mass is 10.2. The van der Waals surface area contributed by atoms with E-state index in [9.17, 15) is 26.6 Å². The molecule has 0 bridgehead atoms. The number of halogens is 4. The molecular weight excluding hydrogens is 496 g/mol. The van der Waals surface area contributed by atoms with E-state index in [2.05, 4.69) is 22.2 Å². The van der Waals surface area contributed by atoms with E-state index in [1.807, 2.05) is 0 Å². The Bertz CT molecular complexity index is 1410. The number of aromatic nitrogens is 2. The van der Waals surface area contributed by atoms with Crippen molar-refractivity contribution in [3.63, 3.8) is 0 Å². The van der Waals surface area contributed by atoms with Gasteiger partial charge in [-0.2, -0.15) is 18.3 Å². The van der Waals surface area contributed by atoms with E-state index >= 15 is 0 Å². The SMILES string of the molecule is C#Cc1nn(-c2ccc(C(F)(F)F)cc2)cc1CNC(=O)[C@@H]1CCCN1S(=C)(=O)c1ccc(F)cc1. The van der Waals surface area contributed by atoms with Crippen molar-refractivity contribution >= 4 is 21.5 Å². The maximum absolute atomic E-state index is 13.4. The zero-order valence-corrected chi connectivity index (χ0v) is 19.8. The number of hydrogen-bond acceptors (Lipinski definition) is 3. The average molecular weight is 519 g/mol. The summed E-state index contributed by atoms with van der Waals surface area (Å²) in [7, 11) is -3.01. The standard InChI is InChI=1S/C25H22F4N4O2S/c1-3-22-17(16-32(31-22)20-10-6-18(7-11-20)25(27,28)29)15-30-24(34)23-5-4-14-33(23)36(2,35)21-12-8-19(26)9-13-21/h1,6-13,16,23H,2,4-5,14-15H2,(H,30,34)/t23-,36?/m0/s1. The molecule has 1 amide bonds. The second-order valence-electron chi connectivity index (χ2n) is 8.25. The first-order chi connectivity index (χ1) is 17.0. The van der Waals surface area contributed by atoms with Crippen molar-refractivity contribution in [3.05, 3.63) is 77.4 Å². The minimum absolute atomic E-state index is 0.0121. The van der Waals surface area contributed by atoms with Crippen molar-refractivity contribution in [1.29, 1.82) is 0 Å². The smallest absolute Gasteiger partial charge is 0.350 e. The molecule has 4 rings (SSSR count). The summed E-state index contributed by atoms with van der Waals surface area (Å²) in [5.74, 6) is 5.40. The maximum atomic E-state index is 13.4. The van der Waals surface area contributed by atoms with Crippen molar-refractivity contribution in [2.45, 2.75) is 36.5 Å². The summed E-state index contributed by atoms with van der Waals surface area (Å²) < 4.78 is 68.1. The summed E-state index contributed by atoms with van der Waals surface area (Å²) in [6.45, 7) is 0.400. The van der Waals surface area contributed by atoms with Gasteiger partial charge in [0.15, 0.2) is 0 Å². The molecule has 2 atom stereocenters. The quantitative estimate of drug-likeness (QED) is 0.307. The summed E-state index contributed by atoms with van der Waals surface area (Å²) in [6, 6.07) is 8.91. The first-order valence-electron chi connectivity index (χ1n) is 10.9. The number of terminal acetylenes is 1. The number of amides is 1. The molecule has 1 N–H and O–H groups in total. The van der Waals surface area contributed by atoms with Crippen LogP contribution in [-0.4, -0.2) is 42.7 Å². The van der Waals surface area contributed by atoms with Gasteiger partial charge in [0.1, 0.15) is 17.6 Å². The lowest BCUT2D eigenvalue weighted by molar-refractivity contribution is -0.137. The van der Waals surface area contributed by atoms with Crippen molar-refractivity contribution in [3.8, 4) is 18.0 Å². The van der Waals surface area contributed by atoms with Crippen molar-refractivity contribution in [2.24, 2.45) is 0 Å². The van der Waals surface area contributed by atoms with Crippen LogP contribution in [0, 0.1) is 18.2 Å². The van der Waals surface area contributed by atoms with Crippen LogP contribution < -0.4 is 5.32 Å². The Morgan fingerprint density at radius 3 is 2.47 bits per heavy atom. The minimum Gasteiger partial charge on any atom is -0.350 e. The van der Waals surface area contributed by atoms with Crippen LogP contribution in [0.25, 0.3) is 5.69 Å². The Balaban J connectivity index is 1.48. The summed E-state index contributed by atoms with van der Waals surface area (Å²) in [5.41, 5.74) is 0.303. The third-order valence-electron chi connectivity index (χ3n) is 5.91. The number of nitrogens with zero attached hydrogens (tertiary/aromatic N) is 3. The maximum Gasteiger partial charge on any atom is 0.416 e. The first kappa shape index (κ1) is 25.5. The van der Waals surface area contributed by atoms with Gasteiger partial charge in [0.25, 0.3) is 0 Å². The zero-order valence-electron chi connectivity index (χ0n) is 19.0. The van der Waals surface area contributed by atoms with Crippen LogP contribution in [0.2, 0.25) is 0 Å². The molecule has 1 fully saturated rings. The van der Waals surface area contributed by atoms with E-state index in [0.717, 1.165) is 12.1 Å². The number of benzene rings is 2. The number of rotatable bonds is 6. The number of carbonyl (C=O) groups is 1. The van der Waals surface area contributed by atoms with Crippen LogP contribution in [0.4, 0.5) is 17.6 Å². The highest BCUT2D eigenvalue weighted by atomic mass is 32.2. The van der Waals surface area contributed by atoms with Crippen LogP contribution in [0.1, 0.15) is 29.7 Å². The van der Waals surface area contributed by atoms with Crippen molar-refractivity contribution in [2.75, 3.05) is 6.54 Å². The van der Waals surface area contributed by atoms with Crippen LogP contribution in [0.5, 0.6) is 0 Å². The molecule has 1 aliphatic heterocycles. The van der Waals surface area contributed by atoms with Crippen LogP contribution >= 0.6 is 0 Å². The highest BCUT2D eigenvalue weighted by Crippen LogP contribution is 2.30. The molecule has 36 heavy (non-hydrogen) atoms. The monoisotopic (exact) mass is 518 g/mol. The summed E-state index contributed by atoms with van der Waals surface area (Å²) in [6.07, 6.45) is 3.72. The van der Waals surface area contributed by atoms with Gasteiger partial charge in [0.05, 0.1) is 21.0 Å². The Morgan fingerprint density at radius 2 is 1.86 bits per heavy atom. The molecular formula is C25H22F4N4O2S. The van der Waals surface area contributed by atoms with Gasteiger partial charge >= 0.3 is 6.18 Å². The van der Waals surface area contributed by atoms with E-state index in [-0.39, 0.29) is 18.1 Å². The molecule has 1 saturated heterocycles. The molecule has 11 heteroatoms. The second-order valence-corrected chi connectivity index (χ2v) is 10.5. The fourth-order valence-corrected chi connectivity index (χ4v) is 5.90. The van der Waals surface area contributed by atoms with Crippen molar-refractivity contribution < 1.29 is 26.6 Å². The molecule has 1 aliphatic rings. The van der Waals surface area contributed by atoms with Gasteiger partial charge in [0.2, 0.25) is 5.91 Å². The highest BCUT2D eigenvalue weighted by Gasteiger charge is 2.36. The summed E-state index contributed by atoms with van der Waals surface area (Å²) in [5, 5.41) is 7.00. The molecule has 6 nitrogen and oxygen atoms in total. The molecule has 0 saturated carbocycles. The third-order valence-corrected chi connectivity index (χ3v) is 8.11. The van der Waals surface area contributed by atoms with Gasteiger partial charge in [0, 0.05) is 29.7 Å². The molecule has 0 radical (unpaired) electrons. The topological polar surface area (TPSA) is 67.2 Å². The fourth-order valence-electron chi connectivity index (χ4n) is 4.03. The van der Waals surface area contributed by atoms with Gasteiger partial charge in [-0.05, 0) is 73.2 Å². The predicted molar refractivity (Wildman–Crippen MR) is 128 cm³/mol. The van der Waals surface area contributed by atoms with E-state index in [4.69, 9.17) is 6.42 Å². The summed E-state index contributed by atoms with van der Waals surface area (Å²) >= 11 is 0. The molecule has 188 valence electrons. The van der Waals surface area contributed by atoms with Gasteiger partial charge in [-0.3, -0.25) is 4.79 Å². The van der Waals surface area contributed by atoms with E-state index in [1.165, 1.54) is 51.6 Å². The Kier molecular flexibility index (Phi) is 6.93. The normalized spacial score (nSPS) is 17.9.